The summed E-state index contributed by atoms with van der Waals surface area (Å²) in [5.41, 5.74) is 2.78. The Morgan fingerprint density at radius 2 is 1.61 bits per heavy atom. The first-order valence-corrected chi connectivity index (χ1v) is 12.7. The summed E-state index contributed by atoms with van der Waals surface area (Å²) in [4.78, 5) is 21.2. The van der Waals surface area contributed by atoms with Gasteiger partial charge in [0.25, 0.3) is 0 Å². The normalized spacial score (nSPS) is 13.3. The first-order valence-electron chi connectivity index (χ1n) is 11.9. The Balaban J connectivity index is 1.50. The second kappa shape index (κ2) is 9.63. The van der Waals surface area contributed by atoms with E-state index in [4.69, 9.17) is 0 Å². The second-order valence-corrected chi connectivity index (χ2v) is 9.70. The van der Waals surface area contributed by atoms with Gasteiger partial charge in [0.2, 0.25) is 0 Å². The minimum atomic E-state index is -0.186. The lowest BCUT2D eigenvalue weighted by molar-refractivity contribution is 0.104. The standard InChI is InChI=1S/C32H18N4OS/c33-19-22(20-34)30-26-15-13-21-8-4-5-11-25(21)31(26)32(37)27(30)18-24-14-16-29(38-24)36(23-9-2-1-3-10-23)28-12-6-7-17-35-28/h1-18H/b27-18+. The molecule has 5 nitrogen and oxygen atoms in total. The molecule has 2 heterocycles. The van der Waals surface area contributed by atoms with Crippen LogP contribution >= 0.6 is 11.3 Å². The van der Waals surface area contributed by atoms with Crippen molar-refractivity contribution in [3.63, 3.8) is 0 Å². The number of thiophene rings is 1. The number of hydrogen-bond acceptors (Lipinski definition) is 6. The first kappa shape index (κ1) is 23.1. The summed E-state index contributed by atoms with van der Waals surface area (Å²) in [5.74, 6) is 0.585. The third-order valence-electron chi connectivity index (χ3n) is 6.43. The quantitative estimate of drug-likeness (QED) is 0.183. The topological polar surface area (TPSA) is 80.8 Å². The number of ketones is 1. The number of carbonyl (C=O) groups is 1. The minimum Gasteiger partial charge on any atom is -0.289 e. The number of nitrogens with zero attached hydrogens (tertiary/aromatic N) is 4. The number of benzene rings is 3. The number of allylic oxidation sites excluding steroid dienone is 3. The molecule has 0 unspecified atom stereocenters. The molecule has 178 valence electrons. The maximum Gasteiger partial charge on any atom is 0.195 e. The molecule has 2 aromatic heterocycles. The highest BCUT2D eigenvalue weighted by Gasteiger charge is 2.34. The molecule has 0 spiro atoms. The smallest absolute Gasteiger partial charge is 0.195 e. The summed E-state index contributed by atoms with van der Waals surface area (Å²) < 4.78 is 0. The number of rotatable bonds is 4. The van der Waals surface area contributed by atoms with Gasteiger partial charge in [-0.05, 0) is 58.8 Å². The molecule has 0 amide bonds. The lowest BCUT2D eigenvalue weighted by atomic mass is 9.97. The molecule has 6 heteroatoms. The van der Waals surface area contributed by atoms with Crippen molar-refractivity contribution in [1.82, 2.24) is 4.98 Å². The van der Waals surface area contributed by atoms with Crippen LogP contribution in [-0.2, 0) is 0 Å². The maximum atomic E-state index is 13.8. The number of para-hydroxylation sites is 1. The van der Waals surface area contributed by atoms with Gasteiger partial charge in [-0.1, -0.05) is 60.7 Å². The third kappa shape index (κ3) is 3.87. The van der Waals surface area contributed by atoms with Gasteiger partial charge in [0.05, 0.1) is 0 Å². The van der Waals surface area contributed by atoms with Crippen molar-refractivity contribution < 1.29 is 4.79 Å². The number of anilines is 3. The van der Waals surface area contributed by atoms with Crippen molar-refractivity contribution in [3.8, 4) is 12.1 Å². The lowest BCUT2D eigenvalue weighted by Crippen LogP contribution is -2.09. The summed E-state index contributed by atoms with van der Waals surface area (Å²) in [6.45, 7) is 0. The SMILES string of the molecule is N#CC(C#N)=C1/C(=C\c2ccc(N(c3ccccc3)c3ccccn3)s2)C(=O)c2c1ccc1ccccc21. The van der Waals surface area contributed by atoms with Gasteiger partial charge in [-0.25, -0.2) is 4.98 Å². The van der Waals surface area contributed by atoms with Crippen molar-refractivity contribution in [1.29, 1.82) is 10.5 Å². The fourth-order valence-corrected chi connectivity index (χ4v) is 5.76. The van der Waals surface area contributed by atoms with E-state index in [2.05, 4.69) is 9.88 Å². The average molecular weight is 507 g/mol. The highest BCUT2D eigenvalue weighted by atomic mass is 32.1. The number of pyridine rings is 1. The molecule has 1 aliphatic carbocycles. The molecule has 1 aliphatic rings. The van der Waals surface area contributed by atoms with E-state index in [0.717, 1.165) is 32.2 Å². The van der Waals surface area contributed by atoms with E-state index < -0.39 is 0 Å². The van der Waals surface area contributed by atoms with E-state index >= 15 is 0 Å². The minimum absolute atomic E-state index is 0.0743. The van der Waals surface area contributed by atoms with Gasteiger partial charge in [-0.2, -0.15) is 10.5 Å². The van der Waals surface area contributed by atoms with Crippen molar-refractivity contribution in [2.75, 3.05) is 4.90 Å². The van der Waals surface area contributed by atoms with Gasteiger partial charge in [0.15, 0.2) is 5.78 Å². The summed E-state index contributed by atoms with van der Waals surface area (Å²) in [6.07, 6.45) is 3.54. The lowest BCUT2D eigenvalue weighted by Gasteiger charge is -2.22. The third-order valence-corrected chi connectivity index (χ3v) is 7.44. The van der Waals surface area contributed by atoms with E-state index in [-0.39, 0.29) is 11.4 Å². The predicted molar refractivity (Wildman–Crippen MR) is 151 cm³/mol. The highest BCUT2D eigenvalue weighted by molar-refractivity contribution is 7.17. The Morgan fingerprint density at radius 1 is 0.842 bits per heavy atom. The van der Waals surface area contributed by atoms with Crippen LogP contribution in [0.4, 0.5) is 16.5 Å². The van der Waals surface area contributed by atoms with Crippen molar-refractivity contribution >= 4 is 56.0 Å². The van der Waals surface area contributed by atoms with Gasteiger partial charge in [0.1, 0.15) is 28.5 Å². The zero-order valence-electron chi connectivity index (χ0n) is 20.0. The molecule has 0 bridgehead atoms. The molecule has 6 rings (SSSR count). The number of fused-ring (bicyclic) bond motifs is 3. The monoisotopic (exact) mass is 506 g/mol. The fraction of sp³-hybridized carbons (Fsp3) is 0. The second-order valence-electron chi connectivity index (χ2n) is 8.60. The molecular weight excluding hydrogens is 488 g/mol. The zero-order valence-corrected chi connectivity index (χ0v) is 20.8. The van der Waals surface area contributed by atoms with Gasteiger partial charge in [-0.3, -0.25) is 9.69 Å². The van der Waals surface area contributed by atoms with Crippen LogP contribution in [0.5, 0.6) is 0 Å². The Labute approximate surface area is 223 Å². The maximum absolute atomic E-state index is 13.8. The van der Waals surface area contributed by atoms with E-state index in [1.165, 1.54) is 11.3 Å². The number of aromatic nitrogens is 1. The molecule has 0 aliphatic heterocycles. The molecule has 0 radical (unpaired) electrons. The van der Waals surface area contributed by atoms with Gasteiger partial charge in [0, 0.05) is 33.5 Å². The Kier molecular flexibility index (Phi) is 5.86. The zero-order chi connectivity index (χ0) is 26.1. The molecule has 0 fully saturated rings. The first-order chi connectivity index (χ1) is 18.7. The van der Waals surface area contributed by atoms with Crippen LogP contribution in [0, 0.1) is 22.7 Å². The summed E-state index contributed by atoms with van der Waals surface area (Å²) in [5, 5.41) is 22.1. The Morgan fingerprint density at radius 3 is 2.37 bits per heavy atom. The fourth-order valence-electron chi connectivity index (χ4n) is 4.78. The molecular formula is C32H18N4OS. The molecule has 0 N–H and O–H groups in total. The number of nitriles is 2. The van der Waals surface area contributed by atoms with Crippen LogP contribution in [0.15, 0.2) is 114 Å². The number of hydrogen-bond donors (Lipinski definition) is 0. The van der Waals surface area contributed by atoms with Gasteiger partial charge < -0.3 is 0 Å². The Hall–Kier alpha value is -5.30. The van der Waals surface area contributed by atoms with Gasteiger partial charge >= 0.3 is 0 Å². The summed E-state index contributed by atoms with van der Waals surface area (Å²) >= 11 is 1.50. The predicted octanol–water partition coefficient (Wildman–Crippen LogP) is 7.85. The summed E-state index contributed by atoms with van der Waals surface area (Å²) in [6, 6.07) is 35.0. The largest absolute Gasteiger partial charge is 0.289 e. The average Bonchev–Trinajstić information content (AvgIpc) is 3.54. The van der Waals surface area contributed by atoms with Crippen molar-refractivity contribution in [2.24, 2.45) is 0 Å². The van der Waals surface area contributed by atoms with E-state index in [1.807, 2.05) is 109 Å². The summed E-state index contributed by atoms with van der Waals surface area (Å²) in [7, 11) is 0. The molecule has 0 atom stereocenters. The number of carbonyl (C=O) groups excluding carboxylic acids is 1. The van der Waals surface area contributed by atoms with E-state index in [1.54, 1.807) is 12.3 Å². The van der Waals surface area contributed by atoms with Gasteiger partial charge in [-0.15, -0.1) is 11.3 Å². The van der Waals surface area contributed by atoms with Crippen LogP contribution in [-0.4, -0.2) is 10.8 Å². The van der Waals surface area contributed by atoms with E-state index in [9.17, 15) is 15.3 Å². The molecule has 3 aromatic carbocycles. The number of Topliss-reactive ketones (excluding diaryl/α,β-unsaturated/α-hetero) is 1. The van der Waals surface area contributed by atoms with Crippen LogP contribution in [0.2, 0.25) is 0 Å². The molecule has 38 heavy (non-hydrogen) atoms. The molecule has 0 saturated carbocycles. The Bertz CT molecular complexity index is 1800. The van der Waals surface area contributed by atoms with E-state index in [0.29, 0.717) is 22.3 Å². The van der Waals surface area contributed by atoms with Crippen LogP contribution in [0.1, 0.15) is 20.8 Å². The van der Waals surface area contributed by atoms with Crippen LogP contribution in [0.3, 0.4) is 0 Å². The van der Waals surface area contributed by atoms with Crippen LogP contribution < -0.4 is 4.90 Å². The van der Waals surface area contributed by atoms with Crippen molar-refractivity contribution in [3.05, 3.63) is 130 Å². The molecule has 0 saturated heterocycles. The van der Waals surface area contributed by atoms with Crippen molar-refractivity contribution in [2.45, 2.75) is 0 Å². The molecule has 5 aromatic rings. The van der Waals surface area contributed by atoms with Crippen LogP contribution in [0.25, 0.3) is 22.4 Å². The highest BCUT2D eigenvalue weighted by Crippen LogP contribution is 2.44.